The van der Waals surface area contributed by atoms with Gasteiger partial charge in [-0.25, -0.2) is 0 Å². The zero-order valence-electron chi connectivity index (χ0n) is 12.1. The third-order valence-corrected chi connectivity index (χ3v) is 4.09. The van der Waals surface area contributed by atoms with Gasteiger partial charge in [0.05, 0.1) is 19.8 Å². The molecule has 0 aliphatic heterocycles. The highest BCUT2D eigenvalue weighted by Gasteiger charge is 2.18. The number of nitrogens with zero attached hydrogens (tertiary/aromatic N) is 1. The van der Waals surface area contributed by atoms with E-state index in [9.17, 15) is 0 Å². The predicted octanol–water partition coefficient (Wildman–Crippen LogP) is 2.18. The molecule has 1 aliphatic rings. The lowest BCUT2D eigenvalue weighted by Gasteiger charge is -2.30. The number of fused-ring (bicyclic) bond motifs is 1. The SMILES string of the molecule is CCN(CCOCCO)C(C)c1ccc2c(c1)CC2. The molecule has 1 atom stereocenters. The van der Waals surface area contributed by atoms with Gasteiger partial charge in [-0.2, -0.15) is 0 Å². The van der Waals surface area contributed by atoms with E-state index in [1.54, 1.807) is 0 Å². The first-order valence-corrected chi connectivity index (χ1v) is 7.30. The zero-order valence-corrected chi connectivity index (χ0v) is 12.1. The fraction of sp³-hybridized carbons (Fsp3) is 0.625. The summed E-state index contributed by atoms with van der Waals surface area (Å²) in [6.07, 6.45) is 2.48. The lowest BCUT2D eigenvalue weighted by Crippen LogP contribution is -2.31. The molecule has 0 spiro atoms. The minimum Gasteiger partial charge on any atom is -0.394 e. The molecule has 3 heteroatoms. The van der Waals surface area contributed by atoms with Gasteiger partial charge in [0.2, 0.25) is 0 Å². The number of likely N-dealkylation sites (N-methyl/N-ethyl adjacent to an activating group) is 1. The molecule has 0 aromatic heterocycles. The summed E-state index contributed by atoms with van der Waals surface area (Å²) in [5.41, 5.74) is 4.45. The molecule has 0 saturated heterocycles. The second-order valence-electron chi connectivity index (χ2n) is 5.17. The van der Waals surface area contributed by atoms with E-state index in [4.69, 9.17) is 9.84 Å². The molecule has 106 valence electrons. The highest BCUT2D eigenvalue weighted by Crippen LogP contribution is 2.28. The van der Waals surface area contributed by atoms with Gasteiger partial charge < -0.3 is 9.84 Å². The van der Waals surface area contributed by atoms with Crippen molar-refractivity contribution in [2.75, 3.05) is 32.9 Å². The Morgan fingerprint density at radius 1 is 1.26 bits per heavy atom. The van der Waals surface area contributed by atoms with Gasteiger partial charge in [0.25, 0.3) is 0 Å². The lowest BCUT2D eigenvalue weighted by atomic mass is 9.86. The number of benzene rings is 1. The van der Waals surface area contributed by atoms with Crippen LogP contribution in [0.2, 0.25) is 0 Å². The highest BCUT2D eigenvalue weighted by atomic mass is 16.5. The number of hydrogen-bond donors (Lipinski definition) is 1. The van der Waals surface area contributed by atoms with Crippen LogP contribution in [0, 0.1) is 0 Å². The molecule has 2 rings (SSSR count). The number of ether oxygens (including phenoxy) is 1. The molecule has 1 aliphatic carbocycles. The van der Waals surface area contributed by atoms with Crippen LogP contribution in [0.15, 0.2) is 18.2 Å². The van der Waals surface area contributed by atoms with Crippen LogP contribution in [0.25, 0.3) is 0 Å². The average Bonchev–Trinajstić information content (AvgIpc) is 2.40. The van der Waals surface area contributed by atoms with Crippen LogP contribution in [0.3, 0.4) is 0 Å². The number of aliphatic hydroxyl groups is 1. The molecule has 0 amide bonds. The standard InChI is InChI=1S/C16H25NO2/c1-3-17(8-10-19-11-9-18)13(2)15-6-4-14-5-7-16(14)12-15/h4,6,12-13,18H,3,5,7-11H2,1-2H3. The Hall–Kier alpha value is -0.900. The van der Waals surface area contributed by atoms with E-state index in [-0.39, 0.29) is 6.61 Å². The van der Waals surface area contributed by atoms with E-state index in [0.717, 1.165) is 13.1 Å². The van der Waals surface area contributed by atoms with Crippen LogP contribution in [0.1, 0.15) is 36.6 Å². The van der Waals surface area contributed by atoms with E-state index < -0.39 is 0 Å². The summed E-state index contributed by atoms with van der Waals surface area (Å²) in [5.74, 6) is 0. The van der Waals surface area contributed by atoms with E-state index in [2.05, 4.69) is 36.9 Å². The van der Waals surface area contributed by atoms with Crippen molar-refractivity contribution < 1.29 is 9.84 Å². The number of aliphatic hydroxyl groups excluding tert-OH is 1. The molecule has 1 aromatic rings. The largest absolute Gasteiger partial charge is 0.394 e. The van der Waals surface area contributed by atoms with Crippen molar-refractivity contribution in [3.8, 4) is 0 Å². The van der Waals surface area contributed by atoms with Crippen molar-refractivity contribution >= 4 is 0 Å². The van der Waals surface area contributed by atoms with Gasteiger partial charge in [0.15, 0.2) is 0 Å². The minimum atomic E-state index is 0.104. The first kappa shape index (κ1) is 14.5. The Kier molecular flexibility index (Phi) is 5.37. The summed E-state index contributed by atoms with van der Waals surface area (Å²) in [5, 5.41) is 8.70. The van der Waals surface area contributed by atoms with E-state index in [1.807, 2.05) is 0 Å². The van der Waals surface area contributed by atoms with Crippen LogP contribution in [-0.2, 0) is 17.6 Å². The molecule has 1 unspecified atom stereocenters. The summed E-state index contributed by atoms with van der Waals surface area (Å²) < 4.78 is 5.36. The maximum absolute atomic E-state index is 8.70. The van der Waals surface area contributed by atoms with Crippen molar-refractivity contribution in [2.24, 2.45) is 0 Å². The molecular weight excluding hydrogens is 238 g/mol. The molecule has 3 nitrogen and oxygen atoms in total. The molecule has 0 bridgehead atoms. The second-order valence-corrected chi connectivity index (χ2v) is 5.17. The van der Waals surface area contributed by atoms with Gasteiger partial charge in [0.1, 0.15) is 0 Å². The van der Waals surface area contributed by atoms with Crippen LogP contribution < -0.4 is 0 Å². The van der Waals surface area contributed by atoms with Crippen molar-refractivity contribution in [1.82, 2.24) is 4.90 Å². The molecule has 19 heavy (non-hydrogen) atoms. The van der Waals surface area contributed by atoms with E-state index in [0.29, 0.717) is 19.3 Å². The molecule has 0 heterocycles. The van der Waals surface area contributed by atoms with Crippen LogP contribution in [0.4, 0.5) is 0 Å². The predicted molar refractivity (Wildman–Crippen MR) is 77.4 cm³/mol. The summed E-state index contributed by atoms with van der Waals surface area (Å²) >= 11 is 0. The van der Waals surface area contributed by atoms with Crippen molar-refractivity contribution in [3.05, 3.63) is 34.9 Å². The Balaban J connectivity index is 1.91. The van der Waals surface area contributed by atoms with Crippen molar-refractivity contribution in [3.63, 3.8) is 0 Å². The molecule has 0 saturated carbocycles. The quantitative estimate of drug-likeness (QED) is 0.730. The van der Waals surface area contributed by atoms with Gasteiger partial charge in [-0.15, -0.1) is 0 Å². The smallest absolute Gasteiger partial charge is 0.0698 e. The van der Waals surface area contributed by atoms with Gasteiger partial charge in [-0.1, -0.05) is 25.1 Å². The average molecular weight is 263 g/mol. The van der Waals surface area contributed by atoms with Crippen molar-refractivity contribution in [2.45, 2.75) is 32.7 Å². The van der Waals surface area contributed by atoms with E-state index in [1.165, 1.54) is 29.5 Å². The number of hydrogen-bond acceptors (Lipinski definition) is 3. The number of aryl methyl sites for hydroxylation is 2. The normalized spacial score (nSPS) is 15.2. The Bertz CT molecular complexity index is 406. The lowest BCUT2D eigenvalue weighted by molar-refractivity contribution is 0.0663. The fourth-order valence-electron chi connectivity index (χ4n) is 2.66. The molecule has 1 aromatic carbocycles. The maximum Gasteiger partial charge on any atom is 0.0698 e. The third kappa shape index (κ3) is 3.56. The van der Waals surface area contributed by atoms with Gasteiger partial charge >= 0.3 is 0 Å². The monoisotopic (exact) mass is 263 g/mol. The van der Waals surface area contributed by atoms with Gasteiger partial charge in [-0.05, 0) is 43.0 Å². The first-order chi connectivity index (χ1) is 9.26. The summed E-state index contributed by atoms with van der Waals surface area (Å²) in [6.45, 7) is 7.59. The molecular formula is C16H25NO2. The number of rotatable bonds is 8. The Morgan fingerprint density at radius 3 is 2.63 bits per heavy atom. The second kappa shape index (κ2) is 7.04. The molecule has 1 N–H and O–H groups in total. The summed E-state index contributed by atoms with van der Waals surface area (Å²) in [6, 6.07) is 7.33. The fourth-order valence-corrected chi connectivity index (χ4v) is 2.66. The Morgan fingerprint density at radius 2 is 2.05 bits per heavy atom. The highest BCUT2D eigenvalue weighted by molar-refractivity contribution is 5.39. The van der Waals surface area contributed by atoms with Crippen LogP contribution in [0.5, 0.6) is 0 Å². The van der Waals surface area contributed by atoms with Gasteiger partial charge in [-0.3, -0.25) is 4.90 Å². The summed E-state index contributed by atoms with van der Waals surface area (Å²) in [4.78, 5) is 2.41. The summed E-state index contributed by atoms with van der Waals surface area (Å²) in [7, 11) is 0. The first-order valence-electron chi connectivity index (χ1n) is 7.30. The van der Waals surface area contributed by atoms with Crippen LogP contribution in [-0.4, -0.2) is 42.9 Å². The maximum atomic E-state index is 8.70. The molecule has 0 radical (unpaired) electrons. The van der Waals surface area contributed by atoms with E-state index >= 15 is 0 Å². The molecule has 0 fully saturated rings. The minimum absolute atomic E-state index is 0.104. The Labute approximate surface area is 116 Å². The van der Waals surface area contributed by atoms with Crippen LogP contribution >= 0.6 is 0 Å². The van der Waals surface area contributed by atoms with Gasteiger partial charge in [0, 0.05) is 12.6 Å². The topological polar surface area (TPSA) is 32.7 Å². The van der Waals surface area contributed by atoms with Crippen molar-refractivity contribution in [1.29, 1.82) is 0 Å². The zero-order chi connectivity index (χ0) is 13.7. The third-order valence-electron chi connectivity index (χ3n) is 4.09.